The van der Waals surface area contributed by atoms with Crippen LogP contribution in [0.1, 0.15) is 18.1 Å². The van der Waals surface area contributed by atoms with Crippen molar-refractivity contribution in [3.05, 3.63) is 60.3 Å². The van der Waals surface area contributed by atoms with Crippen LogP contribution in [0.2, 0.25) is 0 Å². The Hall–Kier alpha value is -1.76. The number of benzene rings is 1. The number of sulfonamides is 1. The molecule has 6 heteroatoms. The highest BCUT2D eigenvalue weighted by molar-refractivity contribution is 7.89. The highest BCUT2D eigenvalue weighted by atomic mass is 32.2. The van der Waals surface area contributed by atoms with Crippen LogP contribution in [0.25, 0.3) is 0 Å². The lowest BCUT2D eigenvalue weighted by Crippen LogP contribution is -2.26. The molecule has 20 heavy (non-hydrogen) atoms. The third kappa shape index (κ3) is 3.86. The quantitative estimate of drug-likeness (QED) is 0.845. The second-order valence-electron chi connectivity index (χ2n) is 4.28. The van der Waals surface area contributed by atoms with E-state index in [1.54, 1.807) is 24.3 Å². The van der Waals surface area contributed by atoms with Crippen LogP contribution in [0.5, 0.6) is 0 Å². The molecule has 1 unspecified atom stereocenters. The van der Waals surface area contributed by atoms with Gasteiger partial charge in [-0.05, 0) is 24.1 Å². The van der Waals surface area contributed by atoms with Gasteiger partial charge in [0.05, 0.1) is 6.10 Å². The minimum Gasteiger partial charge on any atom is -0.388 e. The first-order valence-corrected chi connectivity index (χ1v) is 7.71. The Labute approximate surface area is 118 Å². The monoisotopic (exact) mass is 292 g/mol. The highest BCUT2D eigenvalue weighted by Crippen LogP contribution is 2.15. The minimum absolute atomic E-state index is 0.0193. The van der Waals surface area contributed by atoms with Gasteiger partial charge in [0.25, 0.3) is 10.0 Å². The Morgan fingerprint density at radius 3 is 2.45 bits per heavy atom. The maximum Gasteiger partial charge on any atom is 0.258 e. The summed E-state index contributed by atoms with van der Waals surface area (Å²) in [5, 5.41) is 9.92. The van der Waals surface area contributed by atoms with Gasteiger partial charge in [0.15, 0.2) is 5.03 Å². The average Bonchev–Trinajstić information content (AvgIpc) is 2.49. The van der Waals surface area contributed by atoms with Gasteiger partial charge in [-0.2, -0.15) is 0 Å². The van der Waals surface area contributed by atoms with Crippen molar-refractivity contribution in [2.75, 3.05) is 6.54 Å². The summed E-state index contributed by atoms with van der Waals surface area (Å²) in [4.78, 5) is 3.79. The summed E-state index contributed by atoms with van der Waals surface area (Å²) in [6.07, 6.45) is 1.03. The van der Waals surface area contributed by atoms with Crippen molar-refractivity contribution in [3.8, 4) is 0 Å². The van der Waals surface area contributed by atoms with E-state index < -0.39 is 16.1 Å². The molecule has 0 aliphatic rings. The zero-order chi connectivity index (χ0) is 14.4. The van der Waals surface area contributed by atoms with Crippen LogP contribution in [0.15, 0.2) is 59.8 Å². The smallest absolute Gasteiger partial charge is 0.258 e. The number of hydrogen-bond donors (Lipinski definition) is 2. The average molecular weight is 292 g/mol. The van der Waals surface area contributed by atoms with Crippen molar-refractivity contribution in [2.24, 2.45) is 0 Å². The van der Waals surface area contributed by atoms with Crippen molar-refractivity contribution >= 4 is 10.0 Å². The van der Waals surface area contributed by atoms with Crippen LogP contribution in [0, 0.1) is 0 Å². The van der Waals surface area contributed by atoms with Gasteiger partial charge in [-0.25, -0.2) is 18.1 Å². The van der Waals surface area contributed by atoms with E-state index in [1.165, 1.54) is 12.3 Å². The molecule has 0 spiro atoms. The fourth-order valence-corrected chi connectivity index (χ4v) is 2.74. The lowest BCUT2D eigenvalue weighted by molar-refractivity contribution is 0.169. The maximum atomic E-state index is 11.9. The summed E-state index contributed by atoms with van der Waals surface area (Å²) < 4.78 is 26.2. The van der Waals surface area contributed by atoms with Gasteiger partial charge in [-0.3, -0.25) is 0 Å². The zero-order valence-electron chi connectivity index (χ0n) is 10.8. The Morgan fingerprint density at radius 1 is 1.10 bits per heavy atom. The number of aromatic nitrogens is 1. The van der Waals surface area contributed by atoms with Crippen molar-refractivity contribution in [1.29, 1.82) is 0 Å². The van der Waals surface area contributed by atoms with Crippen molar-refractivity contribution in [1.82, 2.24) is 9.71 Å². The first-order valence-electron chi connectivity index (χ1n) is 6.23. The molecule has 2 N–H and O–H groups in total. The van der Waals surface area contributed by atoms with Crippen molar-refractivity contribution < 1.29 is 13.5 Å². The molecule has 1 aromatic carbocycles. The van der Waals surface area contributed by atoms with Crippen LogP contribution in [-0.2, 0) is 10.0 Å². The topological polar surface area (TPSA) is 79.3 Å². The first kappa shape index (κ1) is 14.6. The fourth-order valence-electron chi connectivity index (χ4n) is 1.75. The molecule has 5 nitrogen and oxygen atoms in total. The van der Waals surface area contributed by atoms with Crippen LogP contribution in [-0.4, -0.2) is 25.1 Å². The van der Waals surface area contributed by atoms with Gasteiger partial charge < -0.3 is 5.11 Å². The number of aliphatic hydroxyl groups excluding tert-OH is 1. The Bertz CT molecular complexity index is 630. The molecule has 0 saturated heterocycles. The van der Waals surface area contributed by atoms with Crippen molar-refractivity contribution in [2.45, 2.75) is 17.6 Å². The highest BCUT2D eigenvalue weighted by Gasteiger charge is 2.15. The number of nitrogens with one attached hydrogen (secondary N) is 1. The Kier molecular flexibility index (Phi) is 4.84. The molecule has 0 aliphatic carbocycles. The predicted molar refractivity (Wildman–Crippen MR) is 75.4 cm³/mol. The van der Waals surface area contributed by atoms with Crippen LogP contribution < -0.4 is 4.72 Å². The molecule has 2 rings (SSSR count). The molecule has 106 valence electrons. The van der Waals surface area contributed by atoms with Gasteiger partial charge in [0.2, 0.25) is 0 Å². The SMILES string of the molecule is O=S(=O)(NCCC(O)c1ccccc1)c1ccccn1. The normalized spacial score (nSPS) is 13.1. The zero-order valence-corrected chi connectivity index (χ0v) is 11.6. The van der Waals surface area contributed by atoms with Gasteiger partial charge >= 0.3 is 0 Å². The van der Waals surface area contributed by atoms with E-state index >= 15 is 0 Å². The van der Waals surface area contributed by atoms with E-state index in [2.05, 4.69) is 9.71 Å². The number of rotatable bonds is 6. The molecule has 2 aromatic rings. The maximum absolute atomic E-state index is 11.9. The van der Waals surface area contributed by atoms with Gasteiger partial charge in [-0.1, -0.05) is 36.4 Å². The van der Waals surface area contributed by atoms with Gasteiger partial charge in [-0.15, -0.1) is 0 Å². The molecule has 1 aromatic heterocycles. The molecule has 0 bridgehead atoms. The van der Waals surface area contributed by atoms with E-state index in [0.717, 1.165) is 5.56 Å². The largest absolute Gasteiger partial charge is 0.388 e. The Balaban J connectivity index is 1.90. The number of hydrogen-bond acceptors (Lipinski definition) is 4. The molecule has 1 atom stereocenters. The molecule has 0 radical (unpaired) electrons. The van der Waals surface area contributed by atoms with Crippen LogP contribution >= 0.6 is 0 Å². The van der Waals surface area contributed by atoms with Crippen LogP contribution in [0.4, 0.5) is 0 Å². The Morgan fingerprint density at radius 2 is 1.80 bits per heavy atom. The van der Waals surface area contributed by atoms with Gasteiger partial charge in [0.1, 0.15) is 0 Å². The lowest BCUT2D eigenvalue weighted by atomic mass is 10.1. The summed E-state index contributed by atoms with van der Waals surface area (Å²) in [5.74, 6) is 0. The van der Waals surface area contributed by atoms with Crippen LogP contribution in [0.3, 0.4) is 0 Å². The summed E-state index contributed by atoms with van der Waals surface area (Å²) >= 11 is 0. The predicted octanol–water partition coefficient (Wildman–Crippen LogP) is 1.48. The second-order valence-corrected chi connectivity index (χ2v) is 5.99. The molecule has 1 heterocycles. The molecular weight excluding hydrogens is 276 g/mol. The third-order valence-corrected chi connectivity index (χ3v) is 4.18. The first-order chi connectivity index (χ1) is 9.59. The molecule has 0 aliphatic heterocycles. The standard InChI is InChI=1S/C14H16N2O3S/c17-13(12-6-2-1-3-7-12)9-11-16-20(18,19)14-8-4-5-10-15-14/h1-8,10,13,16-17H,9,11H2. The van der Waals surface area contributed by atoms with E-state index in [9.17, 15) is 13.5 Å². The third-order valence-electron chi connectivity index (χ3n) is 2.81. The number of aliphatic hydroxyl groups is 1. The summed E-state index contributed by atoms with van der Waals surface area (Å²) in [7, 11) is -3.61. The minimum atomic E-state index is -3.61. The van der Waals surface area contributed by atoms with Gasteiger partial charge in [0, 0.05) is 12.7 Å². The van der Waals surface area contributed by atoms with E-state index in [-0.39, 0.29) is 11.6 Å². The fraction of sp³-hybridized carbons (Fsp3) is 0.214. The molecular formula is C14H16N2O3S. The summed E-state index contributed by atoms with van der Waals surface area (Å²) in [5.41, 5.74) is 0.768. The summed E-state index contributed by atoms with van der Waals surface area (Å²) in [6.45, 7) is 0.148. The second kappa shape index (κ2) is 6.60. The van der Waals surface area contributed by atoms with E-state index in [0.29, 0.717) is 6.42 Å². The van der Waals surface area contributed by atoms with E-state index in [4.69, 9.17) is 0 Å². The number of pyridine rings is 1. The molecule has 0 saturated carbocycles. The number of nitrogens with zero attached hydrogens (tertiary/aromatic N) is 1. The molecule has 0 fully saturated rings. The van der Waals surface area contributed by atoms with E-state index in [1.807, 2.05) is 18.2 Å². The van der Waals surface area contributed by atoms with Crippen molar-refractivity contribution in [3.63, 3.8) is 0 Å². The molecule has 0 amide bonds. The lowest BCUT2D eigenvalue weighted by Gasteiger charge is -2.11. The summed E-state index contributed by atoms with van der Waals surface area (Å²) in [6, 6.07) is 13.8.